The van der Waals surface area contributed by atoms with Gasteiger partial charge in [-0.1, -0.05) is 73.7 Å². The van der Waals surface area contributed by atoms with E-state index in [9.17, 15) is 15.0 Å². The number of rotatable bonds is 14. The van der Waals surface area contributed by atoms with E-state index >= 15 is 0 Å². The lowest BCUT2D eigenvalue weighted by atomic mass is 9.94. The van der Waals surface area contributed by atoms with Crippen LogP contribution in [-0.4, -0.2) is 113 Å². The van der Waals surface area contributed by atoms with Crippen LogP contribution in [0.25, 0.3) is 10.8 Å². The minimum absolute atomic E-state index is 0.0367. The van der Waals surface area contributed by atoms with Crippen molar-refractivity contribution >= 4 is 16.7 Å². The fourth-order valence-electron chi connectivity index (χ4n) is 8.88. The second-order valence-electron chi connectivity index (χ2n) is 16.9. The highest BCUT2D eigenvalue weighted by molar-refractivity contribution is 5.84. The highest BCUT2D eigenvalue weighted by atomic mass is 16.5. The minimum atomic E-state index is -0.692. The monoisotopic (exact) mass is 749 g/mol. The van der Waals surface area contributed by atoms with Crippen molar-refractivity contribution < 1.29 is 29.2 Å². The Morgan fingerprint density at radius 2 is 1.65 bits per heavy atom. The van der Waals surface area contributed by atoms with Crippen LogP contribution in [0, 0.1) is 5.92 Å². The third kappa shape index (κ3) is 9.70. The van der Waals surface area contributed by atoms with Crippen molar-refractivity contribution in [2.24, 2.45) is 5.92 Å². The molecule has 55 heavy (non-hydrogen) atoms. The van der Waals surface area contributed by atoms with Crippen LogP contribution < -0.4 is 9.47 Å². The van der Waals surface area contributed by atoms with E-state index in [1.54, 1.807) is 0 Å². The lowest BCUT2D eigenvalue weighted by Gasteiger charge is -2.44. The number of nitrogens with zero attached hydrogens (tertiary/aromatic N) is 3. The van der Waals surface area contributed by atoms with Crippen LogP contribution in [0.4, 0.5) is 0 Å². The van der Waals surface area contributed by atoms with E-state index in [1.165, 1.54) is 5.56 Å². The summed E-state index contributed by atoms with van der Waals surface area (Å²) in [5, 5.41) is 25.3. The molecule has 1 aliphatic carbocycles. The quantitative estimate of drug-likeness (QED) is 0.156. The second kappa shape index (κ2) is 17.4. The third-order valence-electron chi connectivity index (χ3n) is 11.5. The molecule has 294 valence electrons. The SMILES string of the molecule is C[C@H](Cc1ccc(OCCN2CCOCC2)cc1)C[C@H](O)CN1C[C@@H](Oc2ccc3ccccc3c2)CC1C(=O)N([C@H]1c2ccccc2C[C@H]1O)C(C)(C)C. The molecule has 3 aliphatic rings. The highest BCUT2D eigenvalue weighted by Gasteiger charge is 2.48. The van der Waals surface area contributed by atoms with Crippen LogP contribution in [0.2, 0.25) is 0 Å². The zero-order valence-corrected chi connectivity index (χ0v) is 33.0. The Morgan fingerprint density at radius 1 is 0.945 bits per heavy atom. The van der Waals surface area contributed by atoms with E-state index in [4.69, 9.17) is 14.2 Å². The van der Waals surface area contributed by atoms with Crippen LogP contribution in [0.1, 0.15) is 63.3 Å². The maximum atomic E-state index is 15.0. The number of amides is 1. The van der Waals surface area contributed by atoms with Gasteiger partial charge in [0, 0.05) is 51.1 Å². The molecule has 2 N–H and O–H groups in total. The molecule has 2 aliphatic heterocycles. The van der Waals surface area contributed by atoms with Gasteiger partial charge in [0.05, 0.1) is 37.5 Å². The van der Waals surface area contributed by atoms with E-state index in [2.05, 4.69) is 53.1 Å². The number of fused-ring (bicyclic) bond motifs is 2. The predicted octanol–water partition coefficient (Wildman–Crippen LogP) is 6.29. The molecule has 9 nitrogen and oxygen atoms in total. The summed E-state index contributed by atoms with van der Waals surface area (Å²) in [5.41, 5.74) is 2.74. The normalized spacial score (nSPS) is 23.0. The van der Waals surface area contributed by atoms with Crippen LogP contribution >= 0.6 is 0 Å². The molecule has 4 aromatic rings. The van der Waals surface area contributed by atoms with Gasteiger partial charge in [0.1, 0.15) is 24.2 Å². The smallest absolute Gasteiger partial charge is 0.241 e. The van der Waals surface area contributed by atoms with E-state index in [-0.39, 0.29) is 17.9 Å². The molecule has 4 aromatic carbocycles. The molecule has 1 unspecified atom stereocenters. The van der Waals surface area contributed by atoms with E-state index in [0.717, 1.165) is 72.7 Å². The molecule has 2 fully saturated rings. The molecule has 9 heteroatoms. The van der Waals surface area contributed by atoms with Crippen LogP contribution in [0.5, 0.6) is 11.5 Å². The van der Waals surface area contributed by atoms with Gasteiger partial charge in [0.2, 0.25) is 5.91 Å². The van der Waals surface area contributed by atoms with Crippen molar-refractivity contribution in [2.45, 2.75) is 89.3 Å². The lowest BCUT2D eigenvalue weighted by Crippen LogP contribution is -2.56. The zero-order valence-electron chi connectivity index (χ0n) is 33.0. The number of β-amino-alcohol motifs (C(OH)–C–C–N with tert-alkyl or cyclic N) is 1. The standard InChI is InChI=1S/C46H59N3O6/c1-32(25-33-13-16-38(17-14-33)54-24-21-47-19-22-53-23-20-47)26-37(50)30-48-31-40(55-39-18-15-34-9-5-6-10-35(34)27-39)29-42(48)45(52)49(46(2,3)4)44-41-12-8-7-11-36(41)28-43(44)51/h5-18,27,32,37,40,42-44,50-51H,19-26,28-31H2,1-4H3/t32-,37+,40+,42?,43-,44+/m1/s1. The second-order valence-corrected chi connectivity index (χ2v) is 16.9. The van der Waals surface area contributed by atoms with Gasteiger partial charge in [-0.3, -0.25) is 14.6 Å². The summed E-state index contributed by atoms with van der Waals surface area (Å²) in [6.45, 7) is 14.2. The molecule has 2 heterocycles. The molecule has 7 rings (SSSR count). The summed E-state index contributed by atoms with van der Waals surface area (Å²) in [6.07, 6.45) is 0.879. The Bertz CT molecular complexity index is 1870. The first-order chi connectivity index (χ1) is 26.5. The maximum Gasteiger partial charge on any atom is 0.241 e. The van der Waals surface area contributed by atoms with Crippen molar-refractivity contribution in [3.05, 3.63) is 108 Å². The van der Waals surface area contributed by atoms with Gasteiger partial charge in [-0.2, -0.15) is 0 Å². The number of aliphatic hydroxyl groups excluding tert-OH is 2. The number of morpholine rings is 1. The molecule has 0 bridgehead atoms. The van der Waals surface area contributed by atoms with Gasteiger partial charge in [-0.25, -0.2) is 0 Å². The molecular formula is C46H59N3O6. The van der Waals surface area contributed by atoms with E-state index in [1.807, 2.05) is 80.3 Å². The summed E-state index contributed by atoms with van der Waals surface area (Å²) >= 11 is 0. The minimum Gasteiger partial charge on any atom is -0.492 e. The Labute approximate surface area is 326 Å². The Hall–Kier alpha value is -3.99. The van der Waals surface area contributed by atoms with Crippen molar-refractivity contribution in [1.29, 1.82) is 0 Å². The number of aliphatic hydroxyl groups is 2. The van der Waals surface area contributed by atoms with Crippen LogP contribution in [0.15, 0.2) is 91.0 Å². The van der Waals surface area contributed by atoms with E-state index < -0.39 is 29.8 Å². The lowest BCUT2D eigenvalue weighted by molar-refractivity contribution is -0.148. The zero-order chi connectivity index (χ0) is 38.5. The predicted molar refractivity (Wildman–Crippen MR) is 217 cm³/mol. The van der Waals surface area contributed by atoms with Gasteiger partial charge in [-0.15, -0.1) is 0 Å². The van der Waals surface area contributed by atoms with Crippen molar-refractivity contribution in [2.75, 3.05) is 52.5 Å². The third-order valence-corrected chi connectivity index (χ3v) is 11.5. The number of carbonyl (C=O) groups excluding carboxylic acids is 1. The van der Waals surface area contributed by atoms with Crippen molar-refractivity contribution in [3.63, 3.8) is 0 Å². The molecule has 0 spiro atoms. The molecule has 0 radical (unpaired) electrons. The fourth-order valence-corrected chi connectivity index (χ4v) is 8.88. The molecular weight excluding hydrogens is 691 g/mol. The van der Waals surface area contributed by atoms with Crippen molar-refractivity contribution in [3.8, 4) is 11.5 Å². The van der Waals surface area contributed by atoms with Crippen molar-refractivity contribution in [1.82, 2.24) is 14.7 Å². The Morgan fingerprint density at radius 3 is 2.42 bits per heavy atom. The molecule has 2 saturated heterocycles. The van der Waals surface area contributed by atoms with Gasteiger partial charge >= 0.3 is 0 Å². The maximum absolute atomic E-state index is 15.0. The van der Waals surface area contributed by atoms with Crippen LogP contribution in [0.3, 0.4) is 0 Å². The van der Waals surface area contributed by atoms with Gasteiger partial charge in [-0.05, 0) is 91.3 Å². The topological polar surface area (TPSA) is 94.9 Å². The average molecular weight is 750 g/mol. The largest absolute Gasteiger partial charge is 0.492 e. The average Bonchev–Trinajstić information content (AvgIpc) is 3.71. The Balaban J connectivity index is 1.02. The number of hydrogen-bond acceptors (Lipinski definition) is 8. The fraction of sp³-hybridized carbons (Fsp3) is 0.500. The van der Waals surface area contributed by atoms with Gasteiger partial charge in [0.15, 0.2) is 0 Å². The summed E-state index contributed by atoms with van der Waals surface area (Å²) in [7, 11) is 0. The summed E-state index contributed by atoms with van der Waals surface area (Å²) < 4.78 is 18.1. The first-order valence-electron chi connectivity index (χ1n) is 20.2. The first-order valence-corrected chi connectivity index (χ1v) is 20.2. The number of hydrogen-bond donors (Lipinski definition) is 2. The number of carbonyl (C=O) groups is 1. The van der Waals surface area contributed by atoms with Gasteiger partial charge < -0.3 is 29.3 Å². The molecule has 0 saturated carbocycles. The number of likely N-dealkylation sites (tertiary alicyclic amines) is 1. The molecule has 1 amide bonds. The summed E-state index contributed by atoms with van der Waals surface area (Å²) in [5.74, 6) is 1.83. The molecule has 6 atom stereocenters. The summed E-state index contributed by atoms with van der Waals surface area (Å²) in [6, 6.07) is 29.8. The number of benzene rings is 4. The number of ether oxygens (including phenoxy) is 3. The van der Waals surface area contributed by atoms with Gasteiger partial charge in [0.25, 0.3) is 0 Å². The first kappa shape index (κ1) is 39.3. The molecule has 0 aromatic heterocycles. The van der Waals surface area contributed by atoms with Crippen LogP contribution in [-0.2, 0) is 22.4 Å². The summed E-state index contributed by atoms with van der Waals surface area (Å²) in [4.78, 5) is 21.4. The Kier molecular flexibility index (Phi) is 12.4. The highest BCUT2D eigenvalue weighted by Crippen LogP contribution is 2.41. The van der Waals surface area contributed by atoms with E-state index in [0.29, 0.717) is 39.0 Å².